The Kier molecular flexibility index (Phi) is 5.11. The Morgan fingerprint density at radius 1 is 1.44 bits per heavy atom. The maximum atomic E-state index is 13.1. The van der Waals surface area contributed by atoms with Crippen molar-refractivity contribution in [1.29, 1.82) is 0 Å². The van der Waals surface area contributed by atoms with Crippen LogP contribution in [0.2, 0.25) is 0 Å². The number of ether oxygens (including phenoxy) is 1. The van der Waals surface area contributed by atoms with E-state index in [-0.39, 0.29) is 35.8 Å². The lowest BCUT2D eigenvalue weighted by Crippen LogP contribution is -2.50. The Morgan fingerprint density at radius 3 is 2.84 bits per heavy atom. The Balaban J connectivity index is 1.42. The number of likely N-dealkylation sites (tertiary alicyclic amines) is 1. The van der Waals surface area contributed by atoms with Gasteiger partial charge in [0.1, 0.15) is 18.2 Å². The maximum Gasteiger partial charge on any atom is 0.317 e. The molecule has 2 aliphatic rings. The fraction of sp³-hybridized carbons (Fsp3) is 0.556. The Morgan fingerprint density at radius 2 is 2.20 bits per heavy atom. The van der Waals surface area contributed by atoms with E-state index < -0.39 is 0 Å². The molecule has 6 nitrogen and oxygen atoms in total. The molecule has 2 fully saturated rings. The molecule has 25 heavy (non-hydrogen) atoms. The number of hydrogen-bond acceptors (Lipinski definition) is 3. The average Bonchev–Trinajstić information content (AvgIpc) is 2.94. The minimum atomic E-state index is -0.351. The van der Waals surface area contributed by atoms with Crippen molar-refractivity contribution in [3.05, 3.63) is 30.1 Å². The van der Waals surface area contributed by atoms with Crippen LogP contribution in [0.15, 0.2) is 24.3 Å². The smallest absolute Gasteiger partial charge is 0.317 e. The third kappa shape index (κ3) is 4.41. The summed E-state index contributed by atoms with van der Waals surface area (Å²) < 4.78 is 18.6. The minimum Gasteiger partial charge on any atom is -0.491 e. The number of urea groups is 1. The number of nitrogens with one attached hydrogen (secondary N) is 2. The number of carbonyl (C=O) groups excluding carboxylic acids is 2. The van der Waals surface area contributed by atoms with E-state index >= 15 is 0 Å². The van der Waals surface area contributed by atoms with Crippen LogP contribution in [0.5, 0.6) is 5.75 Å². The summed E-state index contributed by atoms with van der Waals surface area (Å²) in [6.07, 6.45) is 2.25. The number of hydrogen-bond donors (Lipinski definition) is 2. The number of benzene rings is 1. The van der Waals surface area contributed by atoms with E-state index in [1.807, 2.05) is 6.92 Å². The summed E-state index contributed by atoms with van der Waals surface area (Å²) >= 11 is 0. The van der Waals surface area contributed by atoms with Gasteiger partial charge >= 0.3 is 6.03 Å². The van der Waals surface area contributed by atoms with Gasteiger partial charge in [0.25, 0.3) is 0 Å². The van der Waals surface area contributed by atoms with Crippen molar-refractivity contribution in [1.82, 2.24) is 15.5 Å². The van der Waals surface area contributed by atoms with Crippen molar-refractivity contribution in [2.75, 3.05) is 26.2 Å². The summed E-state index contributed by atoms with van der Waals surface area (Å²) in [6, 6.07) is 5.62. The van der Waals surface area contributed by atoms with Crippen LogP contribution in [0.3, 0.4) is 0 Å². The van der Waals surface area contributed by atoms with Crippen LogP contribution >= 0.6 is 0 Å². The summed E-state index contributed by atoms with van der Waals surface area (Å²) in [4.78, 5) is 25.6. The molecule has 1 unspecified atom stereocenters. The van der Waals surface area contributed by atoms with E-state index in [0.29, 0.717) is 25.3 Å². The van der Waals surface area contributed by atoms with Crippen molar-refractivity contribution in [3.8, 4) is 5.75 Å². The molecule has 7 heteroatoms. The van der Waals surface area contributed by atoms with Gasteiger partial charge in [0, 0.05) is 32.1 Å². The molecule has 0 aromatic heterocycles. The zero-order valence-electron chi connectivity index (χ0n) is 14.4. The van der Waals surface area contributed by atoms with Crippen molar-refractivity contribution >= 4 is 11.9 Å². The van der Waals surface area contributed by atoms with Crippen LogP contribution in [0.25, 0.3) is 0 Å². The summed E-state index contributed by atoms with van der Waals surface area (Å²) in [5, 5.41) is 5.80. The van der Waals surface area contributed by atoms with Gasteiger partial charge in [-0.05, 0) is 37.3 Å². The second kappa shape index (κ2) is 7.29. The predicted molar refractivity (Wildman–Crippen MR) is 90.8 cm³/mol. The van der Waals surface area contributed by atoms with Crippen LogP contribution in [0.1, 0.15) is 26.2 Å². The highest BCUT2D eigenvalue weighted by atomic mass is 19.1. The van der Waals surface area contributed by atoms with Crippen LogP contribution in [-0.4, -0.2) is 49.1 Å². The number of halogens is 1. The molecule has 3 amide bonds. The standard InChI is InChI=1S/C18H24FN3O3/c1-13(11-25-15-4-2-3-14(19)9-15)21-17(24)22-7-5-18(6-8-22)10-16(23)20-12-18/h2-4,9,13H,5-8,10-12H2,1H3,(H,20,23)(H,21,24). The van der Waals surface area contributed by atoms with E-state index in [1.54, 1.807) is 17.0 Å². The largest absolute Gasteiger partial charge is 0.491 e. The first-order valence-corrected chi connectivity index (χ1v) is 8.66. The molecule has 1 atom stereocenters. The van der Waals surface area contributed by atoms with Crippen molar-refractivity contribution in [2.24, 2.45) is 5.41 Å². The highest BCUT2D eigenvalue weighted by Crippen LogP contribution is 2.37. The molecule has 0 aliphatic carbocycles. The number of rotatable bonds is 4. The van der Waals surface area contributed by atoms with Crippen molar-refractivity contribution in [3.63, 3.8) is 0 Å². The van der Waals surface area contributed by atoms with Crippen LogP contribution in [-0.2, 0) is 4.79 Å². The topological polar surface area (TPSA) is 70.7 Å². The Hall–Kier alpha value is -2.31. The van der Waals surface area contributed by atoms with Gasteiger partial charge in [-0.2, -0.15) is 0 Å². The van der Waals surface area contributed by atoms with E-state index in [1.165, 1.54) is 12.1 Å². The SMILES string of the molecule is CC(COc1cccc(F)c1)NC(=O)N1CCC2(CC1)CNC(=O)C2. The lowest BCUT2D eigenvalue weighted by molar-refractivity contribution is -0.119. The van der Waals surface area contributed by atoms with Gasteiger partial charge in [-0.25, -0.2) is 9.18 Å². The van der Waals surface area contributed by atoms with Gasteiger partial charge < -0.3 is 20.3 Å². The lowest BCUT2D eigenvalue weighted by Gasteiger charge is -2.38. The second-order valence-electron chi connectivity index (χ2n) is 7.06. The molecule has 2 N–H and O–H groups in total. The van der Waals surface area contributed by atoms with Crippen LogP contribution in [0, 0.1) is 11.2 Å². The first-order valence-electron chi connectivity index (χ1n) is 8.66. The van der Waals surface area contributed by atoms with Crippen molar-refractivity contribution < 1.29 is 18.7 Å². The highest BCUT2D eigenvalue weighted by Gasteiger charge is 2.41. The van der Waals surface area contributed by atoms with Gasteiger partial charge in [-0.3, -0.25) is 4.79 Å². The van der Waals surface area contributed by atoms with Crippen LogP contribution < -0.4 is 15.4 Å². The summed E-state index contributed by atoms with van der Waals surface area (Å²) in [5.41, 5.74) is 0.0278. The fourth-order valence-electron chi connectivity index (χ4n) is 3.41. The zero-order chi connectivity index (χ0) is 17.9. The molecule has 2 heterocycles. The molecule has 2 aliphatic heterocycles. The first-order chi connectivity index (χ1) is 12.0. The normalized spacial score (nSPS) is 20.2. The number of nitrogens with zero attached hydrogens (tertiary/aromatic N) is 1. The molecular weight excluding hydrogens is 325 g/mol. The average molecular weight is 349 g/mol. The molecule has 3 rings (SSSR count). The van der Waals surface area contributed by atoms with Gasteiger partial charge in [0.05, 0.1) is 6.04 Å². The van der Waals surface area contributed by atoms with E-state index in [0.717, 1.165) is 19.4 Å². The third-order valence-corrected chi connectivity index (χ3v) is 4.97. The minimum absolute atomic E-state index is 0.0278. The second-order valence-corrected chi connectivity index (χ2v) is 7.06. The highest BCUT2D eigenvalue weighted by molar-refractivity contribution is 5.79. The van der Waals surface area contributed by atoms with Gasteiger partial charge in [-0.15, -0.1) is 0 Å². The molecule has 0 bridgehead atoms. The molecule has 0 radical (unpaired) electrons. The van der Waals surface area contributed by atoms with Crippen molar-refractivity contribution in [2.45, 2.75) is 32.2 Å². The molecule has 1 aromatic rings. The molecule has 136 valence electrons. The van der Waals surface area contributed by atoms with Crippen LogP contribution in [0.4, 0.5) is 9.18 Å². The number of carbonyl (C=O) groups is 2. The summed E-state index contributed by atoms with van der Waals surface area (Å²) in [5.74, 6) is 0.205. The first kappa shape index (κ1) is 17.5. The predicted octanol–water partition coefficient (Wildman–Crippen LogP) is 1.90. The molecular formula is C18H24FN3O3. The lowest BCUT2D eigenvalue weighted by atomic mass is 9.78. The molecule has 2 saturated heterocycles. The van der Waals surface area contributed by atoms with E-state index in [4.69, 9.17) is 4.74 Å². The maximum absolute atomic E-state index is 13.1. The monoisotopic (exact) mass is 349 g/mol. The molecule has 0 saturated carbocycles. The van der Waals surface area contributed by atoms with Gasteiger partial charge in [-0.1, -0.05) is 6.07 Å². The quantitative estimate of drug-likeness (QED) is 0.872. The fourth-order valence-corrected chi connectivity index (χ4v) is 3.41. The van der Waals surface area contributed by atoms with Gasteiger partial charge in [0.15, 0.2) is 0 Å². The molecule has 1 aromatic carbocycles. The van der Waals surface area contributed by atoms with Gasteiger partial charge in [0.2, 0.25) is 5.91 Å². The Bertz CT molecular complexity index is 644. The van der Waals surface area contributed by atoms with E-state index in [9.17, 15) is 14.0 Å². The number of amides is 3. The Labute approximate surface area is 146 Å². The third-order valence-electron chi connectivity index (χ3n) is 4.97. The number of piperidine rings is 1. The summed E-state index contributed by atoms with van der Waals surface area (Å²) in [6.45, 7) is 4.14. The summed E-state index contributed by atoms with van der Waals surface area (Å²) in [7, 11) is 0. The van der Waals surface area contributed by atoms with E-state index in [2.05, 4.69) is 10.6 Å². The molecule has 1 spiro atoms. The zero-order valence-corrected chi connectivity index (χ0v) is 14.4.